The third-order valence-corrected chi connectivity index (χ3v) is 6.28. The summed E-state index contributed by atoms with van der Waals surface area (Å²) in [4.78, 5) is 25.6. The molecule has 4 rings (SSSR count). The van der Waals surface area contributed by atoms with E-state index in [1.165, 1.54) is 11.1 Å². The number of Topliss-reactive ketones (excluding diaryl/α,β-unsaturated/α-hetero) is 2. The first-order valence-corrected chi connectivity index (χ1v) is 10.8. The predicted octanol–water partition coefficient (Wildman–Crippen LogP) is 1.15. The lowest BCUT2D eigenvalue weighted by molar-refractivity contribution is -0.688. The van der Waals surface area contributed by atoms with E-state index in [4.69, 9.17) is 9.47 Å². The van der Waals surface area contributed by atoms with Gasteiger partial charge in [-0.05, 0) is 55.5 Å². The Labute approximate surface area is 205 Å². The summed E-state index contributed by atoms with van der Waals surface area (Å²) >= 11 is 0. The highest BCUT2D eigenvalue weighted by Gasteiger charge is 2.33. The van der Waals surface area contributed by atoms with Crippen molar-refractivity contribution in [3.8, 4) is 11.5 Å². The van der Waals surface area contributed by atoms with E-state index < -0.39 is 0 Å². The van der Waals surface area contributed by atoms with Crippen molar-refractivity contribution in [2.24, 2.45) is 5.92 Å². The van der Waals surface area contributed by atoms with Gasteiger partial charge in [0.1, 0.15) is 0 Å². The number of halogens is 1. The lowest BCUT2D eigenvalue weighted by Gasteiger charge is -2.11. The quantitative estimate of drug-likeness (QED) is 0.354. The van der Waals surface area contributed by atoms with Gasteiger partial charge in [0.05, 0.1) is 19.8 Å². The van der Waals surface area contributed by atoms with Gasteiger partial charge in [0.15, 0.2) is 42.0 Å². The summed E-state index contributed by atoms with van der Waals surface area (Å²) in [6.07, 6.45) is 5.05. The molecule has 0 amide bonds. The molecule has 0 aliphatic heterocycles. The molecule has 1 aromatic heterocycles. The van der Waals surface area contributed by atoms with E-state index in [9.17, 15) is 9.59 Å². The zero-order valence-electron chi connectivity index (χ0n) is 19.4. The van der Waals surface area contributed by atoms with Gasteiger partial charge < -0.3 is 26.5 Å². The van der Waals surface area contributed by atoms with Crippen LogP contribution >= 0.6 is 0 Å². The molecule has 0 saturated heterocycles. The maximum absolute atomic E-state index is 13.1. The van der Waals surface area contributed by atoms with Gasteiger partial charge in [-0.15, -0.1) is 0 Å². The van der Waals surface area contributed by atoms with E-state index in [-0.39, 0.29) is 34.5 Å². The van der Waals surface area contributed by atoms with Gasteiger partial charge in [0.2, 0.25) is 0 Å². The summed E-state index contributed by atoms with van der Waals surface area (Å²) in [6, 6.07) is 13.9. The van der Waals surface area contributed by atoms with Crippen molar-refractivity contribution in [3.05, 3.63) is 88.2 Å². The number of fused-ring (bicyclic) bond motifs is 1. The van der Waals surface area contributed by atoms with Crippen molar-refractivity contribution in [1.29, 1.82) is 0 Å². The molecular formula is C27H28BrNO4. The highest BCUT2D eigenvalue weighted by molar-refractivity contribution is 6.03. The number of pyridine rings is 1. The molecule has 6 heteroatoms. The van der Waals surface area contributed by atoms with Crippen molar-refractivity contribution in [3.63, 3.8) is 0 Å². The number of nitrogens with zero attached hydrogens (tertiary/aromatic N) is 1. The summed E-state index contributed by atoms with van der Waals surface area (Å²) < 4.78 is 12.8. The maximum atomic E-state index is 13.1. The lowest BCUT2D eigenvalue weighted by Crippen LogP contribution is -3.00. The van der Waals surface area contributed by atoms with Gasteiger partial charge in [0.25, 0.3) is 0 Å². The van der Waals surface area contributed by atoms with Crippen LogP contribution in [0, 0.1) is 12.8 Å². The maximum Gasteiger partial charge on any atom is 0.180 e. The molecule has 0 fully saturated rings. The second-order valence-corrected chi connectivity index (χ2v) is 8.37. The number of aryl methyl sites for hydroxylation is 1. The molecule has 0 bridgehead atoms. The molecule has 0 saturated carbocycles. The number of methoxy groups -OCH3 is 2. The van der Waals surface area contributed by atoms with Crippen LogP contribution in [0.3, 0.4) is 0 Å². The Morgan fingerprint density at radius 3 is 2.42 bits per heavy atom. The normalized spacial score (nSPS) is 14.4. The topological polar surface area (TPSA) is 56.5 Å². The zero-order chi connectivity index (χ0) is 22.8. The number of ether oxygens (including phenoxy) is 2. The van der Waals surface area contributed by atoms with E-state index in [0.717, 1.165) is 11.1 Å². The van der Waals surface area contributed by atoms with Gasteiger partial charge >= 0.3 is 0 Å². The summed E-state index contributed by atoms with van der Waals surface area (Å²) in [7, 11) is 3.16. The summed E-state index contributed by atoms with van der Waals surface area (Å²) in [6.45, 7) is 4.36. The third-order valence-electron chi connectivity index (χ3n) is 6.28. The Kier molecular flexibility index (Phi) is 7.69. The van der Waals surface area contributed by atoms with Crippen LogP contribution < -0.4 is 31.0 Å². The molecule has 0 radical (unpaired) electrons. The Morgan fingerprint density at radius 2 is 1.76 bits per heavy atom. The number of hydrogen-bond acceptors (Lipinski definition) is 4. The molecule has 5 nitrogen and oxygen atoms in total. The minimum Gasteiger partial charge on any atom is -1.00 e. The summed E-state index contributed by atoms with van der Waals surface area (Å²) in [5.41, 5.74) is 5.65. The van der Waals surface area contributed by atoms with Gasteiger partial charge in [-0.1, -0.05) is 24.3 Å². The molecule has 1 aliphatic rings. The van der Waals surface area contributed by atoms with E-state index >= 15 is 0 Å². The number of benzene rings is 2. The second kappa shape index (κ2) is 10.3. The molecule has 33 heavy (non-hydrogen) atoms. The van der Waals surface area contributed by atoms with Crippen molar-refractivity contribution in [2.75, 3.05) is 14.2 Å². The molecule has 172 valence electrons. The van der Waals surface area contributed by atoms with E-state index in [1.807, 2.05) is 41.2 Å². The van der Waals surface area contributed by atoms with Crippen molar-refractivity contribution < 1.29 is 40.6 Å². The van der Waals surface area contributed by atoms with Crippen LogP contribution in [0.1, 0.15) is 49.9 Å². The first-order valence-electron chi connectivity index (χ1n) is 10.8. The second-order valence-electron chi connectivity index (χ2n) is 8.37. The molecule has 0 spiro atoms. The zero-order valence-corrected chi connectivity index (χ0v) is 20.9. The average molecular weight is 510 g/mol. The molecule has 3 aromatic rings. The fraction of sp³-hybridized carbons (Fsp3) is 0.296. The monoisotopic (exact) mass is 509 g/mol. The van der Waals surface area contributed by atoms with Crippen LogP contribution in [-0.2, 0) is 19.4 Å². The molecule has 1 unspecified atom stereocenters. The molecule has 0 N–H and O–H groups in total. The van der Waals surface area contributed by atoms with Crippen molar-refractivity contribution >= 4 is 11.6 Å². The Bertz CT molecular complexity index is 1200. The number of hydrogen-bond donors (Lipinski definition) is 0. The lowest BCUT2D eigenvalue weighted by atomic mass is 9.92. The van der Waals surface area contributed by atoms with Crippen LogP contribution in [0.4, 0.5) is 0 Å². The Morgan fingerprint density at radius 1 is 1.06 bits per heavy atom. The van der Waals surface area contributed by atoms with E-state index in [0.29, 0.717) is 42.0 Å². The molecular weight excluding hydrogens is 482 g/mol. The van der Waals surface area contributed by atoms with Crippen LogP contribution in [-0.4, -0.2) is 25.8 Å². The third kappa shape index (κ3) is 5.01. The molecule has 1 aliphatic carbocycles. The summed E-state index contributed by atoms with van der Waals surface area (Å²) in [5.74, 6) is 1.08. The van der Waals surface area contributed by atoms with Crippen molar-refractivity contribution in [1.82, 2.24) is 0 Å². The van der Waals surface area contributed by atoms with Crippen LogP contribution in [0.2, 0.25) is 0 Å². The first kappa shape index (κ1) is 24.6. The SMILES string of the molecule is COc1cc2c(cc1OC)C(=O)C(Cc1cc[n+](Cc3ccccc3C)cc1C(C)=O)C2.[Br-]. The largest absolute Gasteiger partial charge is 1.00 e. The highest BCUT2D eigenvalue weighted by atomic mass is 79.9. The Balaban J connectivity index is 0.00000306. The number of aromatic nitrogens is 1. The molecule has 1 heterocycles. The molecule has 1 atom stereocenters. The van der Waals surface area contributed by atoms with Gasteiger partial charge in [-0.3, -0.25) is 9.59 Å². The number of rotatable bonds is 7. The van der Waals surface area contributed by atoms with E-state index in [1.54, 1.807) is 27.2 Å². The van der Waals surface area contributed by atoms with Crippen molar-refractivity contribution in [2.45, 2.75) is 33.2 Å². The van der Waals surface area contributed by atoms with Crippen LogP contribution in [0.5, 0.6) is 11.5 Å². The van der Waals surface area contributed by atoms with Gasteiger partial charge in [-0.2, -0.15) is 0 Å². The highest BCUT2D eigenvalue weighted by Crippen LogP contribution is 2.37. The van der Waals surface area contributed by atoms with Crippen LogP contribution in [0.25, 0.3) is 0 Å². The standard InChI is InChI=1S/C27H28NO4.BrH/c1-17-7-5-6-8-20(17)15-28-10-9-19(24(16-28)18(2)29)11-22-12-21-13-25(31-3)26(32-4)14-23(21)27(22)30;/h5-10,13-14,16,22H,11-12,15H2,1-4H3;1H/q+1;/p-1. The minimum atomic E-state index is -0.202. The Hall–Kier alpha value is -2.99. The summed E-state index contributed by atoms with van der Waals surface area (Å²) in [5, 5.41) is 0. The van der Waals surface area contributed by atoms with Crippen LogP contribution in [0.15, 0.2) is 54.9 Å². The fourth-order valence-electron chi connectivity index (χ4n) is 4.47. The predicted molar refractivity (Wildman–Crippen MR) is 122 cm³/mol. The number of carbonyl (C=O) groups excluding carboxylic acids is 2. The smallest absolute Gasteiger partial charge is 0.180 e. The van der Waals surface area contributed by atoms with Gasteiger partial charge in [-0.25, -0.2) is 4.57 Å². The molecule has 2 aromatic carbocycles. The van der Waals surface area contributed by atoms with Gasteiger partial charge in [0, 0.05) is 23.1 Å². The number of carbonyl (C=O) groups is 2. The fourth-order valence-corrected chi connectivity index (χ4v) is 4.47. The number of ketones is 2. The first-order chi connectivity index (χ1) is 15.4. The van der Waals surface area contributed by atoms with E-state index in [2.05, 4.69) is 19.1 Å². The average Bonchev–Trinajstić information content (AvgIpc) is 3.09. The minimum absolute atomic E-state index is 0.